The Balaban J connectivity index is 1.61. The lowest BCUT2D eigenvalue weighted by molar-refractivity contribution is -0.479. The van der Waals surface area contributed by atoms with Gasteiger partial charge in [0.2, 0.25) is 6.54 Å². The summed E-state index contributed by atoms with van der Waals surface area (Å²) in [7, 11) is 0. The minimum atomic E-state index is -0.554. The molecule has 11 heteroatoms. The molecule has 1 heterocycles. The normalized spacial score (nSPS) is 11.7. The molecule has 39 heavy (non-hydrogen) atoms. The van der Waals surface area contributed by atoms with Crippen LogP contribution in [0.1, 0.15) is 36.0 Å². The molecule has 0 saturated heterocycles. The summed E-state index contributed by atoms with van der Waals surface area (Å²) in [5.41, 5.74) is 2.39. The van der Waals surface area contributed by atoms with Crippen LogP contribution in [0.5, 0.6) is 17.2 Å². The van der Waals surface area contributed by atoms with Crippen molar-refractivity contribution in [1.82, 2.24) is 14.8 Å². The number of hydrogen-bond donors (Lipinski definition) is 0. The van der Waals surface area contributed by atoms with Crippen molar-refractivity contribution in [1.29, 1.82) is 0 Å². The van der Waals surface area contributed by atoms with Crippen LogP contribution in [0, 0.1) is 17.0 Å². The van der Waals surface area contributed by atoms with Crippen LogP contribution >= 0.6 is 23.4 Å². The predicted octanol–water partition coefficient (Wildman–Crippen LogP) is 6.72. The molecule has 0 aliphatic heterocycles. The van der Waals surface area contributed by atoms with Crippen molar-refractivity contribution in [2.75, 3.05) is 19.8 Å². The molecule has 0 spiro atoms. The van der Waals surface area contributed by atoms with E-state index in [9.17, 15) is 10.1 Å². The van der Waals surface area contributed by atoms with E-state index in [4.69, 9.17) is 25.8 Å². The molecule has 0 N–H and O–H groups in total. The van der Waals surface area contributed by atoms with Crippen molar-refractivity contribution in [2.45, 2.75) is 37.8 Å². The van der Waals surface area contributed by atoms with Crippen molar-refractivity contribution in [3.05, 3.63) is 98.8 Å². The van der Waals surface area contributed by atoms with E-state index in [2.05, 4.69) is 10.2 Å². The van der Waals surface area contributed by atoms with E-state index in [0.29, 0.717) is 46.3 Å². The third kappa shape index (κ3) is 7.21. The number of nitro groups is 1. The lowest BCUT2D eigenvalue weighted by atomic mass is 10.1. The molecule has 9 nitrogen and oxygen atoms in total. The fourth-order valence-corrected chi connectivity index (χ4v) is 5.29. The summed E-state index contributed by atoms with van der Waals surface area (Å²) in [4.78, 5) is 11.3. The summed E-state index contributed by atoms with van der Waals surface area (Å²) in [5.74, 6) is 2.45. The van der Waals surface area contributed by atoms with Crippen LogP contribution in [0.15, 0.2) is 71.9 Å². The topological polar surface area (TPSA) is 102 Å². The molecule has 0 unspecified atom stereocenters. The van der Waals surface area contributed by atoms with Gasteiger partial charge in [0.05, 0.1) is 13.2 Å². The van der Waals surface area contributed by atoms with Crippen LogP contribution in [0.3, 0.4) is 0 Å². The maximum absolute atomic E-state index is 11.7. The van der Waals surface area contributed by atoms with Gasteiger partial charge in [-0.15, -0.1) is 10.2 Å². The van der Waals surface area contributed by atoms with Crippen LogP contribution in [0.25, 0.3) is 5.69 Å². The molecule has 1 atom stereocenters. The molecule has 0 aliphatic rings. The number of ether oxygens (including phenoxy) is 3. The van der Waals surface area contributed by atoms with Gasteiger partial charge in [0.25, 0.3) is 0 Å². The van der Waals surface area contributed by atoms with Crippen LogP contribution in [0.4, 0.5) is 0 Å². The predicted molar refractivity (Wildman–Crippen MR) is 151 cm³/mol. The van der Waals surface area contributed by atoms with E-state index < -0.39 is 5.25 Å². The molecule has 1 aromatic heterocycles. The lowest BCUT2D eigenvalue weighted by Crippen LogP contribution is -2.12. The zero-order valence-corrected chi connectivity index (χ0v) is 23.4. The fourth-order valence-electron chi connectivity index (χ4n) is 3.93. The maximum atomic E-state index is 11.7. The summed E-state index contributed by atoms with van der Waals surface area (Å²) >= 11 is 7.54. The number of nitrogens with zero attached hydrogens (tertiary/aromatic N) is 4. The first-order chi connectivity index (χ1) is 18.9. The fraction of sp³-hybridized carbons (Fsp3) is 0.286. The van der Waals surface area contributed by atoms with Crippen molar-refractivity contribution in [3.8, 4) is 22.9 Å². The lowest BCUT2D eigenvalue weighted by Gasteiger charge is -2.18. The van der Waals surface area contributed by atoms with Gasteiger partial charge in [0.1, 0.15) is 23.4 Å². The third-order valence-corrected chi connectivity index (χ3v) is 7.29. The highest BCUT2D eigenvalue weighted by Crippen LogP contribution is 2.40. The smallest absolute Gasteiger partial charge is 0.220 e. The molecule has 4 aromatic rings. The van der Waals surface area contributed by atoms with Gasteiger partial charge in [-0.3, -0.25) is 14.7 Å². The highest BCUT2D eigenvalue weighted by Gasteiger charge is 2.25. The van der Waals surface area contributed by atoms with Crippen LogP contribution in [-0.4, -0.2) is 39.4 Å². The standard InChI is InChI=1S/C28H29ClN4O5S/c1-4-36-23-13-11-22(12-14-23)33-19(3)30-31-28(33)39-27(17-32(34)35)20-10-15-25(26(16-20)37-5-2)38-18-21-8-6-7-9-24(21)29/h6-16,27H,4-5,17-18H2,1-3H3/t27-/m0/s1. The van der Waals surface area contributed by atoms with Gasteiger partial charge in [-0.05, 0) is 68.8 Å². The quantitative estimate of drug-likeness (QED) is 0.0995. The number of thioether (sulfide) groups is 1. The van der Waals surface area contributed by atoms with E-state index in [-0.39, 0.29) is 18.1 Å². The van der Waals surface area contributed by atoms with Crippen molar-refractivity contribution in [3.63, 3.8) is 0 Å². The average molecular weight is 569 g/mol. The molecule has 204 valence electrons. The number of rotatable bonds is 13. The Kier molecular flexibility index (Phi) is 9.67. The second-order valence-corrected chi connectivity index (χ2v) is 10.0. The molecule has 0 bridgehead atoms. The first-order valence-electron chi connectivity index (χ1n) is 12.5. The summed E-state index contributed by atoms with van der Waals surface area (Å²) in [5, 5.41) is 20.8. The molecule has 0 fully saturated rings. The Morgan fingerprint density at radius 2 is 1.72 bits per heavy atom. The average Bonchev–Trinajstić information content (AvgIpc) is 3.28. The minimum absolute atomic E-state index is 0.261. The summed E-state index contributed by atoms with van der Waals surface area (Å²) in [6, 6.07) is 20.4. The van der Waals surface area contributed by atoms with E-state index >= 15 is 0 Å². The van der Waals surface area contributed by atoms with E-state index in [1.54, 1.807) is 18.2 Å². The van der Waals surface area contributed by atoms with Crippen molar-refractivity contribution < 1.29 is 19.1 Å². The summed E-state index contributed by atoms with van der Waals surface area (Å²) in [6.07, 6.45) is 0. The van der Waals surface area contributed by atoms with Crippen molar-refractivity contribution >= 4 is 23.4 Å². The SMILES string of the molecule is CCOc1ccc(-n2c(C)nnc2S[C@@H](C[N+](=O)[O-])c2ccc(OCc3ccccc3Cl)c(OCC)c2)cc1. The van der Waals surface area contributed by atoms with E-state index in [0.717, 1.165) is 17.0 Å². The van der Waals surface area contributed by atoms with Gasteiger partial charge in [0.15, 0.2) is 16.7 Å². The second-order valence-electron chi connectivity index (χ2n) is 8.43. The molecule has 3 aromatic carbocycles. The number of hydrogen-bond acceptors (Lipinski definition) is 8. The van der Waals surface area contributed by atoms with Gasteiger partial charge in [-0.1, -0.05) is 47.6 Å². The molecule has 0 amide bonds. The van der Waals surface area contributed by atoms with Gasteiger partial charge >= 0.3 is 0 Å². The molecular weight excluding hydrogens is 540 g/mol. The molecule has 0 saturated carbocycles. The number of aryl methyl sites for hydroxylation is 1. The van der Waals surface area contributed by atoms with Gasteiger partial charge in [-0.25, -0.2) is 0 Å². The van der Waals surface area contributed by atoms with E-state index in [1.807, 2.05) is 73.9 Å². The zero-order chi connectivity index (χ0) is 27.8. The second kappa shape index (κ2) is 13.3. The van der Waals surface area contributed by atoms with Crippen LogP contribution in [0.2, 0.25) is 5.02 Å². The molecular formula is C28H29ClN4O5S. The Bertz CT molecular complexity index is 1410. The van der Waals surface area contributed by atoms with Crippen LogP contribution in [-0.2, 0) is 6.61 Å². The molecule has 0 aliphatic carbocycles. The Morgan fingerprint density at radius 1 is 0.974 bits per heavy atom. The van der Waals surface area contributed by atoms with Gasteiger partial charge < -0.3 is 14.2 Å². The summed E-state index contributed by atoms with van der Waals surface area (Å²) in [6.45, 7) is 6.56. The Morgan fingerprint density at radius 3 is 2.41 bits per heavy atom. The zero-order valence-electron chi connectivity index (χ0n) is 21.9. The van der Waals surface area contributed by atoms with Gasteiger partial charge in [0, 0.05) is 21.2 Å². The summed E-state index contributed by atoms with van der Waals surface area (Å²) < 4.78 is 19.3. The first-order valence-corrected chi connectivity index (χ1v) is 13.7. The van der Waals surface area contributed by atoms with Crippen molar-refractivity contribution in [2.24, 2.45) is 0 Å². The monoisotopic (exact) mass is 568 g/mol. The Labute approximate surface area is 236 Å². The van der Waals surface area contributed by atoms with Crippen LogP contribution < -0.4 is 14.2 Å². The number of aromatic nitrogens is 3. The highest BCUT2D eigenvalue weighted by atomic mass is 35.5. The first kappa shape index (κ1) is 28.3. The van der Waals surface area contributed by atoms with Gasteiger partial charge in [-0.2, -0.15) is 0 Å². The minimum Gasteiger partial charge on any atom is -0.494 e. The largest absolute Gasteiger partial charge is 0.494 e. The molecule has 0 radical (unpaired) electrons. The Hall–Kier alpha value is -3.76. The van der Waals surface area contributed by atoms with E-state index in [1.165, 1.54) is 11.8 Å². The maximum Gasteiger partial charge on any atom is 0.220 e. The number of halogens is 1. The number of benzene rings is 3. The highest BCUT2D eigenvalue weighted by molar-refractivity contribution is 7.99. The third-order valence-electron chi connectivity index (χ3n) is 5.74. The molecule has 4 rings (SSSR count).